The highest BCUT2D eigenvalue weighted by molar-refractivity contribution is 9.10. The van der Waals surface area contributed by atoms with E-state index in [0.29, 0.717) is 29.1 Å². The fourth-order valence-corrected chi connectivity index (χ4v) is 2.59. The molecule has 3 nitrogen and oxygen atoms in total. The molecule has 0 aromatic heterocycles. The highest BCUT2D eigenvalue weighted by Gasteiger charge is 2.24. The molecule has 2 aromatic carbocycles. The molecule has 0 aliphatic carbocycles. The van der Waals surface area contributed by atoms with Crippen molar-refractivity contribution in [1.29, 1.82) is 0 Å². The van der Waals surface area contributed by atoms with E-state index in [2.05, 4.69) is 15.9 Å². The second-order valence-corrected chi connectivity index (χ2v) is 5.52. The Morgan fingerprint density at radius 1 is 1.35 bits per heavy atom. The standard InChI is InChI=1S/C15H13BrFNO2/c16-11-5-13(18)15(6-12(11)17)20-8-9-7-19-14-4-2-1-3-10(9)14/h1-6,9H,7-8,18H2. The van der Waals surface area contributed by atoms with Gasteiger partial charge in [0, 0.05) is 11.6 Å². The van der Waals surface area contributed by atoms with Gasteiger partial charge in [0.05, 0.1) is 29.3 Å². The van der Waals surface area contributed by atoms with Crippen molar-refractivity contribution in [2.75, 3.05) is 18.9 Å². The number of hydrogen-bond acceptors (Lipinski definition) is 3. The molecule has 20 heavy (non-hydrogen) atoms. The Labute approximate surface area is 124 Å². The van der Waals surface area contributed by atoms with Crippen LogP contribution in [0.2, 0.25) is 0 Å². The van der Waals surface area contributed by atoms with Gasteiger partial charge in [-0.1, -0.05) is 18.2 Å². The van der Waals surface area contributed by atoms with Crippen LogP contribution in [0.3, 0.4) is 0 Å². The van der Waals surface area contributed by atoms with E-state index in [1.54, 1.807) is 0 Å². The molecule has 1 aliphatic rings. The van der Waals surface area contributed by atoms with Crippen molar-refractivity contribution in [3.05, 3.63) is 52.3 Å². The zero-order valence-electron chi connectivity index (χ0n) is 10.6. The van der Waals surface area contributed by atoms with Crippen LogP contribution in [0.15, 0.2) is 40.9 Å². The van der Waals surface area contributed by atoms with Crippen molar-refractivity contribution in [3.63, 3.8) is 0 Å². The Morgan fingerprint density at radius 2 is 2.15 bits per heavy atom. The number of halogens is 2. The summed E-state index contributed by atoms with van der Waals surface area (Å²) in [5.74, 6) is 0.987. The second-order valence-electron chi connectivity index (χ2n) is 4.66. The van der Waals surface area contributed by atoms with Crippen molar-refractivity contribution >= 4 is 21.6 Å². The predicted octanol–water partition coefficient (Wildman–Crippen LogP) is 3.73. The first kappa shape index (κ1) is 13.2. The molecule has 3 rings (SSSR count). The predicted molar refractivity (Wildman–Crippen MR) is 78.7 cm³/mol. The molecule has 0 amide bonds. The van der Waals surface area contributed by atoms with Crippen LogP contribution >= 0.6 is 15.9 Å². The van der Waals surface area contributed by atoms with Crippen molar-refractivity contribution in [3.8, 4) is 11.5 Å². The molecule has 2 N–H and O–H groups in total. The van der Waals surface area contributed by atoms with Crippen molar-refractivity contribution in [1.82, 2.24) is 0 Å². The first-order chi connectivity index (χ1) is 9.65. The number of ether oxygens (including phenoxy) is 2. The Balaban J connectivity index is 1.74. The number of fused-ring (bicyclic) bond motifs is 1. The minimum absolute atomic E-state index is 0.136. The Morgan fingerprint density at radius 3 is 3.00 bits per heavy atom. The van der Waals surface area contributed by atoms with Gasteiger partial charge in [-0.15, -0.1) is 0 Å². The average molecular weight is 338 g/mol. The lowest BCUT2D eigenvalue weighted by Gasteiger charge is -2.13. The maximum atomic E-state index is 13.5. The third-order valence-corrected chi connectivity index (χ3v) is 3.90. The summed E-state index contributed by atoms with van der Waals surface area (Å²) in [4.78, 5) is 0. The summed E-state index contributed by atoms with van der Waals surface area (Å²) >= 11 is 3.09. The first-order valence-corrected chi connectivity index (χ1v) is 7.03. The molecular formula is C15H13BrFNO2. The maximum absolute atomic E-state index is 13.5. The van der Waals surface area contributed by atoms with E-state index in [9.17, 15) is 4.39 Å². The topological polar surface area (TPSA) is 44.5 Å². The number of rotatable bonds is 3. The summed E-state index contributed by atoms with van der Waals surface area (Å²) in [6.07, 6.45) is 0. The van der Waals surface area contributed by atoms with E-state index in [-0.39, 0.29) is 5.92 Å². The van der Waals surface area contributed by atoms with Gasteiger partial charge in [-0.2, -0.15) is 0 Å². The summed E-state index contributed by atoms with van der Waals surface area (Å²) in [6.45, 7) is 0.973. The molecule has 0 bridgehead atoms. The number of nitrogen functional groups attached to an aromatic ring is 1. The van der Waals surface area contributed by atoms with Crippen LogP contribution in [0.25, 0.3) is 0 Å². The second kappa shape index (κ2) is 5.32. The normalized spacial score (nSPS) is 16.6. The molecule has 104 valence electrons. The van der Waals surface area contributed by atoms with E-state index in [0.717, 1.165) is 11.3 Å². The van der Waals surface area contributed by atoms with Gasteiger partial charge in [0.2, 0.25) is 0 Å². The van der Waals surface area contributed by atoms with E-state index in [4.69, 9.17) is 15.2 Å². The van der Waals surface area contributed by atoms with Crippen LogP contribution in [0.5, 0.6) is 11.5 Å². The molecule has 0 radical (unpaired) electrons. The number of para-hydroxylation sites is 1. The van der Waals surface area contributed by atoms with Gasteiger partial charge in [-0.25, -0.2) is 4.39 Å². The molecule has 1 atom stereocenters. The van der Waals surface area contributed by atoms with Crippen LogP contribution in [0.4, 0.5) is 10.1 Å². The summed E-state index contributed by atoms with van der Waals surface area (Å²) in [6, 6.07) is 10.6. The fraction of sp³-hybridized carbons (Fsp3) is 0.200. The highest BCUT2D eigenvalue weighted by Crippen LogP contribution is 2.35. The Kier molecular flexibility index (Phi) is 3.53. The highest BCUT2D eigenvalue weighted by atomic mass is 79.9. The molecule has 2 aromatic rings. The third-order valence-electron chi connectivity index (χ3n) is 3.29. The summed E-state index contributed by atoms with van der Waals surface area (Å²) in [7, 11) is 0. The first-order valence-electron chi connectivity index (χ1n) is 6.24. The number of hydrogen-bond donors (Lipinski definition) is 1. The molecule has 0 fully saturated rings. The summed E-state index contributed by atoms with van der Waals surface area (Å²) in [5.41, 5.74) is 7.34. The molecule has 1 aliphatic heterocycles. The van der Waals surface area contributed by atoms with Crippen LogP contribution < -0.4 is 15.2 Å². The fourth-order valence-electron chi connectivity index (χ4n) is 2.23. The van der Waals surface area contributed by atoms with Crippen LogP contribution in [0.1, 0.15) is 11.5 Å². The van der Waals surface area contributed by atoms with E-state index >= 15 is 0 Å². The van der Waals surface area contributed by atoms with E-state index in [1.165, 1.54) is 12.1 Å². The van der Waals surface area contributed by atoms with Gasteiger partial charge in [0.15, 0.2) is 0 Å². The molecule has 0 saturated carbocycles. The molecule has 5 heteroatoms. The third kappa shape index (κ3) is 2.45. The van der Waals surface area contributed by atoms with Crippen molar-refractivity contribution in [2.45, 2.75) is 5.92 Å². The maximum Gasteiger partial charge on any atom is 0.145 e. The molecule has 0 spiro atoms. The van der Waals surface area contributed by atoms with Gasteiger partial charge >= 0.3 is 0 Å². The van der Waals surface area contributed by atoms with Gasteiger partial charge in [-0.05, 0) is 28.1 Å². The zero-order chi connectivity index (χ0) is 14.1. The number of benzene rings is 2. The lowest BCUT2D eigenvalue weighted by molar-refractivity contribution is 0.248. The largest absolute Gasteiger partial charge is 0.493 e. The van der Waals surface area contributed by atoms with Gasteiger partial charge in [0.1, 0.15) is 17.3 Å². The zero-order valence-corrected chi connectivity index (χ0v) is 12.2. The van der Waals surface area contributed by atoms with Crippen LogP contribution in [-0.4, -0.2) is 13.2 Å². The minimum atomic E-state index is -0.391. The Hall–Kier alpha value is -1.75. The van der Waals surface area contributed by atoms with Crippen molar-refractivity contribution in [2.24, 2.45) is 0 Å². The van der Waals surface area contributed by atoms with Crippen LogP contribution in [-0.2, 0) is 0 Å². The minimum Gasteiger partial charge on any atom is -0.493 e. The monoisotopic (exact) mass is 337 g/mol. The number of nitrogens with two attached hydrogens (primary N) is 1. The summed E-state index contributed by atoms with van der Waals surface area (Å²) < 4.78 is 25.0. The SMILES string of the molecule is Nc1cc(Br)c(F)cc1OCC1COc2ccccc21. The quantitative estimate of drug-likeness (QED) is 0.868. The van der Waals surface area contributed by atoms with E-state index in [1.807, 2.05) is 24.3 Å². The smallest absolute Gasteiger partial charge is 0.145 e. The molecule has 1 heterocycles. The number of anilines is 1. The van der Waals surface area contributed by atoms with Crippen molar-refractivity contribution < 1.29 is 13.9 Å². The van der Waals surface area contributed by atoms with Gasteiger partial charge < -0.3 is 15.2 Å². The Bertz CT molecular complexity index is 648. The van der Waals surface area contributed by atoms with Gasteiger partial charge in [0.25, 0.3) is 0 Å². The lowest BCUT2D eigenvalue weighted by Crippen LogP contribution is -2.12. The molecule has 0 saturated heterocycles. The summed E-state index contributed by atoms with van der Waals surface area (Å²) in [5, 5.41) is 0. The lowest BCUT2D eigenvalue weighted by atomic mass is 10.0. The van der Waals surface area contributed by atoms with Crippen LogP contribution in [0, 0.1) is 5.82 Å². The van der Waals surface area contributed by atoms with E-state index < -0.39 is 5.82 Å². The van der Waals surface area contributed by atoms with Gasteiger partial charge in [-0.3, -0.25) is 0 Å². The molecular weight excluding hydrogens is 325 g/mol. The average Bonchev–Trinajstić information content (AvgIpc) is 2.85. The molecule has 1 unspecified atom stereocenters.